The van der Waals surface area contributed by atoms with Crippen molar-refractivity contribution >= 4 is 5.69 Å². The first-order chi connectivity index (χ1) is 9.08. The highest BCUT2D eigenvalue weighted by Gasteiger charge is 2.04. The zero-order valence-corrected chi connectivity index (χ0v) is 10.3. The van der Waals surface area contributed by atoms with Crippen molar-refractivity contribution in [2.24, 2.45) is 0 Å². The molecule has 2 rings (SSSR count). The summed E-state index contributed by atoms with van der Waals surface area (Å²) >= 11 is 0. The maximum Gasteiger partial charge on any atom is 0.167 e. The van der Waals surface area contributed by atoms with Gasteiger partial charge in [0.25, 0.3) is 0 Å². The van der Waals surface area contributed by atoms with Gasteiger partial charge in [-0.25, -0.2) is 8.78 Å². The number of hydrogen-bond donors (Lipinski definition) is 2. The first-order valence-electron chi connectivity index (χ1n) is 5.64. The number of benzene rings is 2. The molecule has 2 N–H and O–H groups in total. The maximum absolute atomic E-state index is 13.4. The first kappa shape index (κ1) is 13.1. The first-order valence-corrected chi connectivity index (χ1v) is 5.64. The zero-order valence-electron chi connectivity index (χ0n) is 10.3. The quantitative estimate of drug-likeness (QED) is 0.891. The van der Waals surface area contributed by atoms with E-state index in [0.717, 1.165) is 6.07 Å². The number of hydrogen-bond acceptors (Lipinski definition) is 3. The molecule has 0 bridgehead atoms. The number of aromatic hydroxyl groups is 1. The highest BCUT2D eigenvalue weighted by atomic mass is 19.1. The predicted octanol–water partition coefficient (Wildman–Crippen LogP) is 3.29. The van der Waals surface area contributed by atoms with Gasteiger partial charge in [0, 0.05) is 24.4 Å². The van der Waals surface area contributed by atoms with Gasteiger partial charge in [0.15, 0.2) is 11.6 Å². The largest absolute Gasteiger partial charge is 0.508 e. The van der Waals surface area contributed by atoms with E-state index < -0.39 is 11.6 Å². The summed E-state index contributed by atoms with van der Waals surface area (Å²) in [4.78, 5) is 0. The number of halogens is 2. The van der Waals surface area contributed by atoms with Crippen LogP contribution < -0.4 is 10.1 Å². The number of phenolic OH excluding ortho intramolecular Hbond substituents is 1. The Kier molecular flexibility index (Phi) is 3.85. The van der Waals surface area contributed by atoms with Gasteiger partial charge in [0.05, 0.1) is 7.11 Å². The molecule has 2 aromatic rings. The van der Waals surface area contributed by atoms with Gasteiger partial charge >= 0.3 is 0 Å². The fourth-order valence-corrected chi connectivity index (χ4v) is 1.72. The second kappa shape index (κ2) is 5.56. The summed E-state index contributed by atoms with van der Waals surface area (Å²) in [7, 11) is 1.39. The third-order valence-corrected chi connectivity index (χ3v) is 2.59. The van der Waals surface area contributed by atoms with E-state index in [2.05, 4.69) is 5.32 Å². The molecule has 0 radical (unpaired) electrons. The molecule has 0 saturated carbocycles. The van der Waals surface area contributed by atoms with Crippen molar-refractivity contribution in [1.82, 2.24) is 0 Å². The van der Waals surface area contributed by atoms with Gasteiger partial charge in [-0.2, -0.15) is 0 Å². The molecule has 19 heavy (non-hydrogen) atoms. The fraction of sp³-hybridized carbons (Fsp3) is 0.143. The van der Waals surface area contributed by atoms with Crippen LogP contribution in [-0.2, 0) is 6.54 Å². The summed E-state index contributed by atoms with van der Waals surface area (Å²) in [6, 6.07) is 8.21. The van der Waals surface area contributed by atoms with Crippen molar-refractivity contribution in [2.75, 3.05) is 12.4 Å². The van der Waals surface area contributed by atoms with Gasteiger partial charge < -0.3 is 15.2 Å². The van der Waals surface area contributed by atoms with Crippen molar-refractivity contribution in [2.45, 2.75) is 6.54 Å². The average Bonchev–Trinajstić information content (AvgIpc) is 2.35. The van der Waals surface area contributed by atoms with E-state index in [4.69, 9.17) is 4.74 Å². The summed E-state index contributed by atoms with van der Waals surface area (Å²) in [5.41, 5.74) is 1.11. The van der Waals surface area contributed by atoms with E-state index in [1.54, 1.807) is 6.07 Å². The third-order valence-electron chi connectivity index (χ3n) is 2.59. The minimum atomic E-state index is -0.516. The van der Waals surface area contributed by atoms with Crippen molar-refractivity contribution < 1.29 is 18.6 Å². The topological polar surface area (TPSA) is 41.5 Å². The monoisotopic (exact) mass is 265 g/mol. The van der Waals surface area contributed by atoms with E-state index in [-0.39, 0.29) is 18.0 Å². The Balaban J connectivity index is 2.08. The van der Waals surface area contributed by atoms with E-state index >= 15 is 0 Å². The Morgan fingerprint density at radius 2 is 1.95 bits per heavy atom. The lowest BCUT2D eigenvalue weighted by molar-refractivity contribution is 0.386. The molecule has 0 spiro atoms. The number of phenols is 1. The van der Waals surface area contributed by atoms with E-state index in [0.29, 0.717) is 11.3 Å². The Hall–Kier alpha value is -2.30. The minimum Gasteiger partial charge on any atom is -0.508 e. The van der Waals surface area contributed by atoms with Crippen LogP contribution in [0.2, 0.25) is 0 Å². The van der Waals surface area contributed by atoms with Gasteiger partial charge in [-0.15, -0.1) is 0 Å². The summed E-state index contributed by atoms with van der Waals surface area (Å²) in [5, 5.41) is 12.2. The molecule has 0 heterocycles. The van der Waals surface area contributed by atoms with Crippen molar-refractivity contribution in [1.29, 1.82) is 0 Å². The van der Waals surface area contributed by atoms with Crippen LogP contribution in [0.25, 0.3) is 0 Å². The predicted molar refractivity (Wildman–Crippen MR) is 68.3 cm³/mol. The van der Waals surface area contributed by atoms with Crippen LogP contribution in [-0.4, -0.2) is 12.2 Å². The molecule has 0 unspecified atom stereocenters. The minimum absolute atomic E-state index is 0.141. The lowest BCUT2D eigenvalue weighted by Crippen LogP contribution is -2.00. The molecule has 3 nitrogen and oxygen atoms in total. The molecule has 0 saturated heterocycles. The van der Waals surface area contributed by atoms with Gasteiger partial charge in [0.2, 0.25) is 0 Å². The second-order valence-electron chi connectivity index (χ2n) is 4.02. The van der Waals surface area contributed by atoms with Crippen LogP contribution in [0, 0.1) is 11.6 Å². The summed E-state index contributed by atoms with van der Waals surface area (Å²) in [6.07, 6.45) is 0. The van der Waals surface area contributed by atoms with Crippen molar-refractivity contribution in [3.63, 3.8) is 0 Å². The molecule has 2 aromatic carbocycles. The number of ether oxygens (including phenoxy) is 1. The summed E-state index contributed by atoms with van der Waals surface area (Å²) in [6.45, 7) is 0.275. The lowest BCUT2D eigenvalue weighted by Gasteiger charge is -2.09. The fourth-order valence-electron chi connectivity index (χ4n) is 1.72. The molecule has 0 atom stereocenters. The Bertz CT molecular complexity index is 567. The van der Waals surface area contributed by atoms with E-state index in [1.165, 1.54) is 31.4 Å². The standard InChI is InChI=1S/C14H13F2NO2/c1-19-14-3-2-11(7-13(14)16)17-8-9-4-10(15)6-12(18)5-9/h2-7,17-18H,8H2,1H3. The van der Waals surface area contributed by atoms with Crippen LogP contribution in [0.5, 0.6) is 11.5 Å². The van der Waals surface area contributed by atoms with Gasteiger partial charge in [-0.1, -0.05) is 0 Å². The average molecular weight is 265 g/mol. The molecule has 0 aliphatic heterocycles. The Labute approximate surface area is 109 Å². The Morgan fingerprint density at radius 3 is 2.58 bits per heavy atom. The number of rotatable bonds is 4. The molecule has 0 amide bonds. The molecule has 5 heteroatoms. The Morgan fingerprint density at radius 1 is 1.16 bits per heavy atom. The van der Waals surface area contributed by atoms with Crippen LogP contribution in [0.4, 0.5) is 14.5 Å². The lowest BCUT2D eigenvalue weighted by atomic mass is 10.2. The van der Waals surface area contributed by atoms with Gasteiger partial charge in [-0.05, 0) is 29.8 Å². The number of methoxy groups -OCH3 is 1. The van der Waals surface area contributed by atoms with Gasteiger partial charge in [0.1, 0.15) is 11.6 Å². The third kappa shape index (κ3) is 3.34. The summed E-state index contributed by atoms with van der Waals surface area (Å²) in [5.74, 6) is -0.973. The normalized spacial score (nSPS) is 10.3. The molecule has 0 aromatic heterocycles. The smallest absolute Gasteiger partial charge is 0.167 e. The molecular formula is C14H13F2NO2. The van der Waals surface area contributed by atoms with Crippen molar-refractivity contribution in [3.8, 4) is 11.5 Å². The highest BCUT2D eigenvalue weighted by Crippen LogP contribution is 2.21. The van der Waals surface area contributed by atoms with E-state index in [9.17, 15) is 13.9 Å². The second-order valence-corrected chi connectivity index (χ2v) is 4.02. The van der Waals surface area contributed by atoms with E-state index in [1.807, 2.05) is 0 Å². The maximum atomic E-state index is 13.4. The molecule has 0 aliphatic rings. The van der Waals surface area contributed by atoms with Crippen molar-refractivity contribution in [3.05, 3.63) is 53.6 Å². The molecule has 0 aliphatic carbocycles. The van der Waals surface area contributed by atoms with Crippen LogP contribution >= 0.6 is 0 Å². The van der Waals surface area contributed by atoms with Crippen LogP contribution in [0.3, 0.4) is 0 Å². The van der Waals surface area contributed by atoms with Gasteiger partial charge in [-0.3, -0.25) is 0 Å². The zero-order chi connectivity index (χ0) is 13.8. The molecule has 100 valence electrons. The number of nitrogens with one attached hydrogen (secondary N) is 1. The summed E-state index contributed by atoms with van der Waals surface area (Å²) < 4.78 is 31.3. The molecule has 0 fully saturated rings. The van der Waals surface area contributed by atoms with Crippen LogP contribution in [0.1, 0.15) is 5.56 Å². The van der Waals surface area contributed by atoms with Crippen LogP contribution in [0.15, 0.2) is 36.4 Å². The number of anilines is 1. The molecular weight excluding hydrogens is 252 g/mol. The highest BCUT2D eigenvalue weighted by molar-refractivity contribution is 5.48. The SMILES string of the molecule is COc1ccc(NCc2cc(O)cc(F)c2)cc1F.